The third kappa shape index (κ3) is 4.25. The average molecular weight is 437 g/mol. The predicted molar refractivity (Wildman–Crippen MR) is 117 cm³/mol. The molecule has 0 amide bonds. The van der Waals surface area contributed by atoms with Crippen LogP contribution in [0.2, 0.25) is 5.02 Å². The lowest BCUT2D eigenvalue weighted by Crippen LogP contribution is -2.08. The number of benzene rings is 3. The molecule has 0 N–H and O–H groups in total. The van der Waals surface area contributed by atoms with Gasteiger partial charge >= 0.3 is 11.6 Å². The number of fused-ring (bicyclic) bond motifs is 1. The van der Waals surface area contributed by atoms with E-state index in [0.717, 1.165) is 0 Å². The van der Waals surface area contributed by atoms with Crippen LogP contribution in [0.1, 0.15) is 10.4 Å². The van der Waals surface area contributed by atoms with Gasteiger partial charge in [-0.1, -0.05) is 11.6 Å². The first-order valence-corrected chi connectivity index (χ1v) is 9.64. The van der Waals surface area contributed by atoms with Gasteiger partial charge in [0.15, 0.2) is 0 Å². The molecule has 0 aliphatic rings. The third-order valence-electron chi connectivity index (χ3n) is 4.69. The summed E-state index contributed by atoms with van der Waals surface area (Å²) in [5, 5.41) is 1.18. The van der Waals surface area contributed by atoms with E-state index >= 15 is 0 Å². The summed E-state index contributed by atoms with van der Waals surface area (Å²) in [6, 6.07) is 18.0. The Morgan fingerprint density at radius 2 is 1.58 bits per heavy atom. The summed E-state index contributed by atoms with van der Waals surface area (Å²) in [4.78, 5) is 25.0. The number of rotatable bonds is 5. The molecule has 3 aromatic carbocycles. The Hall–Kier alpha value is -3.77. The molecular weight excluding hydrogens is 420 g/mol. The minimum Gasteiger partial charge on any atom is -0.497 e. The van der Waals surface area contributed by atoms with Gasteiger partial charge in [-0.2, -0.15) is 0 Å². The molecule has 0 unspecified atom stereocenters. The molecule has 4 aromatic rings. The fraction of sp³-hybridized carbons (Fsp3) is 0.0833. The molecule has 0 fully saturated rings. The van der Waals surface area contributed by atoms with Crippen molar-refractivity contribution in [3.63, 3.8) is 0 Å². The number of methoxy groups -OCH3 is 2. The van der Waals surface area contributed by atoms with Gasteiger partial charge in [0.25, 0.3) is 0 Å². The van der Waals surface area contributed by atoms with Crippen LogP contribution in [0.3, 0.4) is 0 Å². The van der Waals surface area contributed by atoms with E-state index in [4.69, 9.17) is 30.2 Å². The van der Waals surface area contributed by atoms with Gasteiger partial charge in [0.2, 0.25) is 0 Å². The number of hydrogen-bond donors (Lipinski definition) is 0. The molecule has 0 aliphatic carbocycles. The topological polar surface area (TPSA) is 75.0 Å². The fourth-order valence-electron chi connectivity index (χ4n) is 3.12. The Morgan fingerprint density at radius 1 is 0.839 bits per heavy atom. The SMILES string of the molecule is COc1ccc(OC)c(-c2cc3ccc(OC(=O)c4ccc(Cl)cc4)cc3oc2=O)c1. The first kappa shape index (κ1) is 20.5. The average Bonchev–Trinajstić information content (AvgIpc) is 2.78. The highest BCUT2D eigenvalue weighted by molar-refractivity contribution is 6.30. The number of carbonyl (C=O) groups is 1. The van der Waals surface area contributed by atoms with Crippen molar-refractivity contribution in [2.75, 3.05) is 14.2 Å². The second kappa shape index (κ2) is 8.53. The summed E-state index contributed by atoms with van der Waals surface area (Å²) in [5.74, 6) is 0.805. The van der Waals surface area contributed by atoms with Crippen LogP contribution < -0.4 is 19.8 Å². The quantitative estimate of drug-likeness (QED) is 0.238. The summed E-state index contributed by atoms with van der Waals surface area (Å²) in [6.45, 7) is 0. The number of ether oxygens (including phenoxy) is 3. The summed E-state index contributed by atoms with van der Waals surface area (Å²) < 4.78 is 21.5. The Labute approximate surface area is 182 Å². The molecule has 6 nitrogen and oxygen atoms in total. The minimum atomic E-state index is -0.555. The normalized spacial score (nSPS) is 10.7. The van der Waals surface area contributed by atoms with Crippen LogP contribution >= 0.6 is 11.6 Å². The summed E-state index contributed by atoms with van der Waals surface area (Å²) >= 11 is 5.84. The Morgan fingerprint density at radius 3 is 2.29 bits per heavy atom. The smallest absolute Gasteiger partial charge is 0.344 e. The Bertz CT molecular complexity index is 1320. The molecule has 4 rings (SSSR count). The Balaban J connectivity index is 1.69. The lowest BCUT2D eigenvalue weighted by Gasteiger charge is -2.11. The van der Waals surface area contributed by atoms with E-state index in [1.54, 1.807) is 67.8 Å². The molecule has 1 heterocycles. The van der Waals surface area contributed by atoms with Crippen LogP contribution in [0.15, 0.2) is 75.9 Å². The van der Waals surface area contributed by atoms with Crippen molar-refractivity contribution in [3.05, 3.63) is 87.7 Å². The van der Waals surface area contributed by atoms with Crippen LogP contribution in [0, 0.1) is 0 Å². The first-order chi connectivity index (χ1) is 15.0. The van der Waals surface area contributed by atoms with Crippen molar-refractivity contribution in [1.29, 1.82) is 0 Å². The number of hydrogen-bond acceptors (Lipinski definition) is 6. The number of halogens is 1. The molecule has 31 heavy (non-hydrogen) atoms. The van der Waals surface area contributed by atoms with Gasteiger partial charge in [-0.3, -0.25) is 0 Å². The van der Waals surface area contributed by atoms with E-state index in [1.165, 1.54) is 13.2 Å². The summed E-state index contributed by atoms with van der Waals surface area (Å²) in [7, 11) is 3.07. The van der Waals surface area contributed by atoms with E-state index in [0.29, 0.717) is 38.6 Å². The maximum absolute atomic E-state index is 12.7. The van der Waals surface area contributed by atoms with Gasteiger partial charge < -0.3 is 18.6 Å². The summed E-state index contributed by atoms with van der Waals surface area (Å²) in [6.07, 6.45) is 0. The molecule has 7 heteroatoms. The zero-order valence-electron chi connectivity index (χ0n) is 16.7. The molecule has 0 aliphatic heterocycles. The minimum absolute atomic E-state index is 0.252. The first-order valence-electron chi connectivity index (χ1n) is 9.26. The van der Waals surface area contributed by atoms with E-state index in [2.05, 4.69) is 0 Å². The van der Waals surface area contributed by atoms with Crippen LogP contribution in [0.4, 0.5) is 0 Å². The molecule has 0 saturated carbocycles. The monoisotopic (exact) mass is 436 g/mol. The van der Waals surface area contributed by atoms with Crippen LogP contribution in [0.5, 0.6) is 17.2 Å². The van der Waals surface area contributed by atoms with Crippen molar-refractivity contribution in [1.82, 2.24) is 0 Å². The van der Waals surface area contributed by atoms with Gasteiger partial charge in [0.05, 0.1) is 25.3 Å². The van der Waals surface area contributed by atoms with Crippen LogP contribution in [-0.2, 0) is 0 Å². The number of carbonyl (C=O) groups excluding carboxylic acids is 1. The summed E-state index contributed by atoms with van der Waals surface area (Å²) in [5.41, 5.74) is 0.966. The van der Waals surface area contributed by atoms with Crippen molar-refractivity contribution in [2.45, 2.75) is 0 Å². The highest BCUT2D eigenvalue weighted by Gasteiger charge is 2.15. The Kier molecular flexibility index (Phi) is 5.64. The second-order valence-electron chi connectivity index (χ2n) is 6.61. The van der Waals surface area contributed by atoms with Crippen LogP contribution in [-0.4, -0.2) is 20.2 Å². The number of esters is 1. The molecule has 0 radical (unpaired) electrons. The molecule has 0 atom stereocenters. The molecule has 1 aromatic heterocycles. The van der Waals surface area contributed by atoms with Crippen molar-refractivity contribution in [2.24, 2.45) is 0 Å². The molecule has 156 valence electrons. The fourth-order valence-corrected chi connectivity index (χ4v) is 3.25. The standard InChI is InChI=1S/C24H17ClO6/c1-28-17-9-10-21(29-2)19(12-17)20-11-15-5-8-18(13-22(15)31-24(20)27)30-23(26)14-3-6-16(25)7-4-14/h3-13H,1-2H3. The van der Waals surface area contributed by atoms with Crippen molar-refractivity contribution < 1.29 is 23.4 Å². The van der Waals surface area contributed by atoms with Crippen molar-refractivity contribution >= 4 is 28.5 Å². The van der Waals surface area contributed by atoms with Gasteiger partial charge in [-0.25, -0.2) is 9.59 Å². The van der Waals surface area contributed by atoms with Gasteiger partial charge in [-0.05, 0) is 60.7 Å². The molecular formula is C24H17ClO6. The predicted octanol–water partition coefficient (Wildman–Crippen LogP) is 5.35. The molecule has 0 spiro atoms. The van der Waals surface area contributed by atoms with Gasteiger partial charge in [0, 0.05) is 22.0 Å². The van der Waals surface area contributed by atoms with Gasteiger partial charge in [-0.15, -0.1) is 0 Å². The van der Waals surface area contributed by atoms with Crippen LogP contribution in [0.25, 0.3) is 22.1 Å². The highest BCUT2D eigenvalue weighted by Crippen LogP contribution is 2.33. The lowest BCUT2D eigenvalue weighted by molar-refractivity contribution is 0.0735. The molecule has 0 saturated heterocycles. The second-order valence-corrected chi connectivity index (χ2v) is 7.05. The highest BCUT2D eigenvalue weighted by atomic mass is 35.5. The van der Waals surface area contributed by atoms with E-state index in [1.807, 2.05) is 0 Å². The van der Waals surface area contributed by atoms with E-state index in [9.17, 15) is 9.59 Å². The van der Waals surface area contributed by atoms with Crippen molar-refractivity contribution in [3.8, 4) is 28.4 Å². The largest absolute Gasteiger partial charge is 0.497 e. The van der Waals surface area contributed by atoms with E-state index in [-0.39, 0.29) is 11.3 Å². The van der Waals surface area contributed by atoms with Gasteiger partial charge in [0.1, 0.15) is 22.8 Å². The molecule has 0 bridgehead atoms. The third-order valence-corrected chi connectivity index (χ3v) is 4.95. The lowest BCUT2D eigenvalue weighted by atomic mass is 10.0. The zero-order chi connectivity index (χ0) is 22.0. The maximum atomic E-state index is 12.7. The van der Waals surface area contributed by atoms with E-state index < -0.39 is 11.6 Å². The maximum Gasteiger partial charge on any atom is 0.344 e. The zero-order valence-corrected chi connectivity index (χ0v) is 17.4.